The molecule has 7 heteroatoms. The molecule has 1 aromatic rings. The molecule has 1 rings (SSSR count). The third-order valence-corrected chi connectivity index (χ3v) is 2.74. The zero-order valence-electron chi connectivity index (χ0n) is 9.65. The van der Waals surface area contributed by atoms with Gasteiger partial charge in [0.05, 0.1) is 23.1 Å². The van der Waals surface area contributed by atoms with Crippen LogP contribution in [0.5, 0.6) is 5.75 Å². The summed E-state index contributed by atoms with van der Waals surface area (Å²) in [6.07, 6.45) is 0.0330. The van der Waals surface area contributed by atoms with E-state index in [-0.39, 0.29) is 40.6 Å². The molecule has 0 saturated heterocycles. The molecule has 0 amide bonds. The topological polar surface area (TPSA) is 72.5 Å². The highest BCUT2D eigenvalue weighted by atomic mass is 35.5. The molecule has 0 aliphatic carbocycles. The smallest absolute Gasteiger partial charge is 0.307 e. The van der Waals surface area contributed by atoms with E-state index in [1.54, 1.807) is 6.92 Å². The number of phenols is 1. The van der Waals surface area contributed by atoms with Gasteiger partial charge in [0.2, 0.25) is 0 Å². The fraction of sp³-hybridized carbons (Fsp3) is 0.364. The van der Waals surface area contributed by atoms with E-state index in [2.05, 4.69) is 0 Å². The highest BCUT2D eigenvalue weighted by Gasteiger charge is 2.15. The molecule has 0 unspecified atom stereocenters. The maximum atomic E-state index is 11.2. The van der Waals surface area contributed by atoms with Crippen LogP contribution in [-0.2, 0) is 9.53 Å². The second-order valence-corrected chi connectivity index (χ2v) is 4.26. The van der Waals surface area contributed by atoms with Crippen LogP contribution >= 0.6 is 35.6 Å². The Morgan fingerprint density at radius 2 is 1.94 bits per heavy atom. The molecule has 4 nitrogen and oxygen atoms in total. The highest BCUT2D eigenvalue weighted by Crippen LogP contribution is 2.34. The lowest BCUT2D eigenvalue weighted by molar-refractivity contribution is -0.143. The summed E-state index contributed by atoms with van der Waals surface area (Å²) in [6.45, 7) is 2.03. The average Bonchev–Trinajstić information content (AvgIpc) is 2.25. The van der Waals surface area contributed by atoms with Crippen molar-refractivity contribution in [2.45, 2.75) is 19.4 Å². The van der Waals surface area contributed by atoms with E-state index in [0.29, 0.717) is 12.2 Å². The normalized spacial score (nSPS) is 11.6. The zero-order chi connectivity index (χ0) is 13.0. The van der Waals surface area contributed by atoms with Crippen LogP contribution in [0.4, 0.5) is 0 Å². The van der Waals surface area contributed by atoms with Gasteiger partial charge in [0.25, 0.3) is 0 Å². The van der Waals surface area contributed by atoms with E-state index in [4.69, 9.17) is 33.7 Å². The van der Waals surface area contributed by atoms with Crippen molar-refractivity contribution in [1.82, 2.24) is 0 Å². The Balaban J connectivity index is 0.00000289. The van der Waals surface area contributed by atoms with Gasteiger partial charge in [-0.25, -0.2) is 0 Å². The molecule has 0 radical (unpaired) electrons. The van der Waals surface area contributed by atoms with Gasteiger partial charge in [-0.15, -0.1) is 12.4 Å². The number of benzene rings is 1. The molecule has 0 aliphatic heterocycles. The Hall–Kier alpha value is -0.680. The van der Waals surface area contributed by atoms with Crippen LogP contribution < -0.4 is 5.73 Å². The van der Waals surface area contributed by atoms with Crippen molar-refractivity contribution < 1.29 is 14.6 Å². The monoisotopic (exact) mass is 313 g/mol. The first kappa shape index (κ1) is 17.3. The molecule has 0 saturated carbocycles. The summed E-state index contributed by atoms with van der Waals surface area (Å²) in [5.74, 6) is -0.583. The molecular weight excluding hydrogens is 300 g/mol. The molecule has 1 aromatic carbocycles. The Labute approximate surface area is 121 Å². The Morgan fingerprint density at radius 3 is 2.39 bits per heavy atom. The fourth-order valence-electron chi connectivity index (χ4n) is 1.32. The number of hydrogen-bond donors (Lipinski definition) is 2. The minimum absolute atomic E-state index is 0. The van der Waals surface area contributed by atoms with Crippen molar-refractivity contribution >= 4 is 41.6 Å². The van der Waals surface area contributed by atoms with Gasteiger partial charge < -0.3 is 15.6 Å². The van der Waals surface area contributed by atoms with Crippen LogP contribution in [0.2, 0.25) is 10.0 Å². The standard InChI is InChI=1S/C11H13Cl2NO3.ClH/c1-2-17-10(15)5-9(14)6-3-7(12)11(16)8(13)4-6;/h3-4,9,16H,2,5,14H2,1H3;1H/t9-;/m0./s1. The van der Waals surface area contributed by atoms with Crippen molar-refractivity contribution in [2.75, 3.05) is 6.61 Å². The van der Waals surface area contributed by atoms with Crippen molar-refractivity contribution in [1.29, 1.82) is 0 Å². The average molecular weight is 315 g/mol. The van der Waals surface area contributed by atoms with Crippen molar-refractivity contribution in [3.63, 3.8) is 0 Å². The first-order valence-electron chi connectivity index (χ1n) is 5.04. The molecule has 0 bridgehead atoms. The van der Waals surface area contributed by atoms with Gasteiger partial charge in [-0.05, 0) is 24.6 Å². The molecular formula is C11H14Cl3NO3. The number of halogens is 3. The predicted octanol–water partition coefficient (Wildman–Crippen LogP) is 3.07. The Bertz CT molecular complexity index is 403. The summed E-state index contributed by atoms with van der Waals surface area (Å²) in [4.78, 5) is 11.2. The maximum Gasteiger partial charge on any atom is 0.307 e. The van der Waals surface area contributed by atoms with Gasteiger partial charge in [-0.1, -0.05) is 23.2 Å². The minimum atomic E-state index is -0.565. The lowest BCUT2D eigenvalue weighted by Crippen LogP contribution is -2.17. The van der Waals surface area contributed by atoms with E-state index < -0.39 is 6.04 Å². The lowest BCUT2D eigenvalue weighted by atomic mass is 10.0. The molecule has 102 valence electrons. The van der Waals surface area contributed by atoms with E-state index in [1.807, 2.05) is 0 Å². The number of ether oxygens (including phenoxy) is 1. The van der Waals surface area contributed by atoms with E-state index >= 15 is 0 Å². The van der Waals surface area contributed by atoms with Gasteiger partial charge in [-0.3, -0.25) is 4.79 Å². The number of nitrogens with two attached hydrogens (primary N) is 1. The third kappa shape index (κ3) is 4.53. The first-order valence-corrected chi connectivity index (χ1v) is 5.80. The van der Waals surface area contributed by atoms with Gasteiger partial charge in [0, 0.05) is 6.04 Å². The second kappa shape index (κ2) is 7.69. The van der Waals surface area contributed by atoms with Gasteiger partial charge in [0.15, 0.2) is 5.75 Å². The summed E-state index contributed by atoms with van der Waals surface area (Å²) in [6, 6.07) is 2.39. The molecule has 0 aliphatic rings. The van der Waals surface area contributed by atoms with Crippen LogP contribution in [0, 0.1) is 0 Å². The van der Waals surface area contributed by atoms with Crippen molar-refractivity contribution in [3.05, 3.63) is 27.7 Å². The van der Waals surface area contributed by atoms with E-state index in [1.165, 1.54) is 12.1 Å². The summed E-state index contributed by atoms with van der Waals surface area (Å²) in [7, 11) is 0. The van der Waals surface area contributed by atoms with Crippen molar-refractivity contribution in [2.24, 2.45) is 5.73 Å². The molecule has 0 heterocycles. The highest BCUT2D eigenvalue weighted by molar-refractivity contribution is 6.37. The zero-order valence-corrected chi connectivity index (χ0v) is 12.0. The summed E-state index contributed by atoms with van der Waals surface area (Å²) < 4.78 is 4.78. The predicted molar refractivity (Wildman–Crippen MR) is 73.6 cm³/mol. The van der Waals surface area contributed by atoms with Crippen LogP contribution in [0.25, 0.3) is 0 Å². The van der Waals surface area contributed by atoms with Gasteiger partial charge in [-0.2, -0.15) is 0 Å². The number of carbonyl (C=O) groups excluding carboxylic acids is 1. The first-order chi connectivity index (χ1) is 7.95. The molecule has 18 heavy (non-hydrogen) atoms. The quantitative estimate of drug-likeness (QED) is 0.838. The van der Waals surface area contributed by atoms with Crippen molar-refractivity contribution in [3.8, 4) is 5.75 Å². The van der Waals surface area contributed by atoms with Crippen LogP contribution in [0.15, 0.2) is 12.1 Å². The summed E-state index contributed by atoms with van der Waals surface area (Å²) in [5.41, 5.74) is 6.39. The number of carbonyl (C=O) groups is 1. The van der Waals surface area contributed by atoms with Crippen LogP contribution in [-0.4, -0.2) is 17.7 Å². The minimum Gasteiger partial charge on any atom is -0.505 e. The number of phenolic OH excluding ortho intramolecular Hbond substituents is 1. The number of esters is 1. The molecule has 0 fully saturated rings. The number of aromatic hydroxyl groups is 1. The van der Waals surface area contributed by atoms with Crippen LogP contribution in [0.3, 0.4) is 0 Å². The fourth-order valence-corrected chi connectivity index (χ4v) is 1.82. The molecule has 0 aromatic heterocycles. The number of hydrogen-bond acceptors (Lipinski definition) is 4. The summed E-state index contributed by atoms with van der Waals surface area (Å²) in [5, 5.41) is 9.59. The Kier molecular flexibility index (Phi) is 7.40. The Morgan fingerprint density at radius 1 is 1.44 bits per heavy atom. The molecule has 1 atom stereocenters. The maximum absolute atomic E-state index is 11.2. The largest absolute Gasteiger partial charge is 0.505 e. The van der Waals surface area contributed by atoms with E-state index in [0.717, 1.165) is 0 Å². The van der Waals surface area contributed by atoms with Gasteiger partial charge >= 0.3 is 5.97 Å². The summed E-state index contributed by atoms with van der Waals surface area (Å²) >= 11 is 11.5. The van der Waals surface area contributed by atoms with E-state index in [9.17, 15) is 9.90 Å². The third-order valence-electron chi connectivity index (χ3n) is 2.16. The SMILES string of the molecule is CCOC(=O)C[C@H](N)c1cc(Cl)c(O)c(Cl)c1.Cl. The number of rotatable bonds is 4. The molecule has 0 spiro atoms. The second-order valence-electron chi connectivity index (χ2n) is 3.45. The van der Waals surface area contributed by atoms with Gasteiger partial charge in [0.1, 0.15) is 0 Å². The molecule has 3 N–H and O–H groups in total. The van der Waals surface area contributed by atoms with Crippen LogP contribution in [0.1, 0.15) is 24.9 Å². The lowest BCUT2D eigenvalue weighted by Gasteiger charge is -2.12.